The number of carbonyl (C=O) groups excluding carboxylic acids is 1. The first-order chi connectivity index (χ1) is 19.0. The minimum Gasteiger partial charge on any atom is -0.490 e. The van der Waals surface area contributed by atoms with E-state index in [1.54, 1.807) is 4.90 Å². The van der Waals surface area contributed by atoms with Crippen LogP contribution in [-0.2, 0) is 9.53 Å². The molecule has 0 aromatic heterocycles. The van der Waals surface area contributed by atoms with Crippen molar-refractivity contribution >= 4 is 5.91 Å². The van der Waals surface area contributed by atoms with Crippen LogP contribution in [0.25, 0.3) is 0 Å². The van der Waals surface area contributed by atoms with Crippen molar-refractivity contribution in [3.8, 4) is 0 Å². The zero-order valence-corrected chi connectivity index (χ0v) is 22.9. The van der Waals surface area contributed by atoms with Crippen LogP contribution < -0.4 is 26.7 Å². The summed E-state index contributed by atoms with van der Waals surface area (Å²) in [4.78, 5) is 13.8. The number of fused-ring (bicyclic) bond motifs is 2. The largest absolute Gasteiger partial charge is 0.490 e. The lowest BCUT2D eigenvalue weighted by Crippen LogP contribution is -2.68. The van der Waals surface area contributed by atoms with Crippen LogP contribution in [0.2, 0.25) is 0 Å². The van der Waals surface area contributed by atoms with Gasteiger partial charge in [-0.1, -0.05) is 25.2 Å². The Kier molecular flexibility index (Phi) is 8.09. The Morgan fingerprint density at radius 2 is 2.10 bits per heavy atom. The summed E-state index contributed by atoms with van der Waals surface area (Å²) in [6.07, 6.45) is 14.6. The Bertz CT molecular complexity index is 1020. The smallest absolute Gasteiger partial charge is 0.246 e. The summed E-state index contributed by atoms with van der Waals surface area (Å²) in [7, 11) is 0. The highest BCUT2D eigenvalue weighted by Crippen LogP contribution is 2.41. The lowest BCUT2D eigenvalue weighted by Gasteiger charge is -2.49. The second-order valence-corrected chi connectivity index (χ2v) is 12.0. The molecule has 1 amide bonds. The first kappa shape index (κ1) is 27.0. The second-order valence-electron chi connectivity index (χ2n) is 12.0. The third kappa shape index (κ3) is 5.67. The lowest BCUT2D eigenvalue weighted by molar-refractivity contribution is -0.125. The van der Waals surface area contributed by atoms with Crippen LogP contribution in [-0.4, -0.2) is 78.9 Å². The average molecular weight is 542 g/mol. The summed E-state index contributed by atoms with van der Waals surface area (Å²) in [6, 6.07) is 0.515. The second kappa shape index (κ2) is 11.7. The van der Waals surface area contributed by atoms with Crippen molar-refractivity contribution in [1.82, 2.24) is 36.6 Å². The van der Waals surface area contributed by atoms with E-state index in [-0.39, 0.29) is 42.2 Å². The number of nitrogens with one attached hydrogen (secondary N) is 5. The number of amides is 1. The number of halogens is 1. The minimum absolute atomic E-state index is 0.0493. The zero-order valence-electron chi connectivity index (χ0n) is 22.9. The van der Waals surface area contributed by atoms with Crippen molar-refractivity contribution in [3.63, 3.8) is 0 Å². The van der Waals surface area contributed by atoms with Gasteiger partial charge < -0.3 is 15.0 Å². The molecular formula is C29H44FN7O2. The maximum Gasteiger partial charge on any atom is 0.246 e. The van der Waals surface area contributed by atoms with Crippen LogP contribution in [0.5, 0.6) is 0 Å². The van der Waals surface area contributed by atoms with Gasteiger partial charge in [0.05, 0.1) is 12.8 Å². The number of ether oxygens (including phenoxy) is 1. The van der Waals surface area contributed by atoms with E-state index in [9.17, 15) is 4.79 Å². The molecule has 10 heteroatoms. The third-order valence-corrected chi connectivity index (χ3v) is 9.67. The van der Waals surface area contributed by atoms with Crippen LogP contribution in [0.4, 0.5) is 4.39 Å². The fourth-order valence-corrected chi connectivity index (χ4v) is 7.49. The van der Waals surface area contributed by atoms with Crippen LogP contribution in [0.3, 0.4) is 0 Å². The van der Waals surface area contributed by atoms with E-state index < -0.39 is 6.17 Å². The third-order valence-electron chi connectivity index (χ3n) is 9.67. The molecule has 0 spiro atoms. The van der Waals surface area contributed by atoms with Crippen molar-refractivity contribution in [2.75, 3.05) is 26.4 Å². The Morgan fingerprint density at radius 1 is 1.21 bits per heavy atom. The van der Waals surface area contributed by atoms with Gasteiger partial charge in [0.25, 0.3) is 0 Å². The van der Waals surface area contributed by atoms with E-state index in [2.05, 4.69) is 52.3 Å². The summed E-state index contributed by atoms with van der Waals surface area (Å²) in [5, 5.41) is 16.3. The van der Waals surface area contributed by atoms with E-state index in [1.165, 1.54) is 11.6 Å². The van der Waals surface area contributed by atoms with Gasteiger partial charge in [-0.15, -0.1) is 0 Å². The van der Waals surface area contributed by atoms with E-state index in [0.29, 0.717) is 31.7 Å². The molecule has 6 aliphatic rings. The molecule has 39 heavy (non-hydrogen) atoms. The summed E-state index contributed by atoms with van der Waals surface area (Å²) < 4.78 is 22.7. The van der Waals surface area contributed by atoms with Crippen LogP contribution in [0, 0.1) is 17.8 Å². The van der Waals surface area contributed by atoms with Gasteiger partial charge in [-0.05, 0) is 62.7 Å². The minimum atomic E-state index is -0.921. The predicted molar refractivity (Wildman–Crippen MR) is 148 cm³/mol. The Balaban J connectivity index is 1.05. The maximum absolute atomic E-state index is 16.3. The zero-order chi connectivity index (χ0) is 26.9. The van der Waals surface area contributed by atoms with Crippen molar-refractivity contribution in [3.05, 3.63) is 48.4 Å². The van der Waals surface area contributed by atoms with Gasteiger partial charge in [-0.3, -0.25) is 25.8 Å². The molecule has 2 saturated heterocycles. The standard InChI is InChI=1S/C29H44FN7O2/c1-3-26(38)36-11-8-19(9-12-36)22-5-6-23-27(28(22)30)29(33-16-31-23)35-20-4-7-24(18(2)14-20)39-21-10-13-37-25(15-21)32-17-34-37/h3,8,10,13,15,18,20,22-25,27-29,31-35H,1,4-7,9,11-12,14,16-17H2,2H3. The van der Waals surface area contributed by atoms with Crippen LogP contribution in [0.1, 0.15) is 45.4 Å². The highest BCUT2D eigenvalue weighted by atomic mass is 19.1. The van der Waals surface area contributed by atoms with Crippen molar-refractivity contribution in [1.29, 1.82) is 0 Å². The molecule has 4 fully saturated rings. The number of alkyl halides is 1. The monoisotopic (exact) mass is 541 g/mol. The van der Waals surface area contributed by atoms with E-state index in [1.807, 2.05) is 17.3 Å². The van der Waals surface area contributed by atoms with Gasteiger partial charge in [0.15, 0.2) is 0 Å². The highest BCUT2D eigenvalue weighted by Gasteiger charge is 2.47. The van der Waals surface area contributed by atoms with Gasteiger partial charge in [0, 0.05) is 49.9 Å². The van der Waals surface area contributed by atoms with Gasteiger partial charge in [-0.25, -0.2) is 9.82 Å². The maximum atomic E-state index is 16.3. The molecule has 2 aliphatic carbocycles. The van der Waals surface area contributed by atoms with Gasteiger partial charge in [0.2, 0.25) is 5.91 Å². The first-order valence-corrected chi connectivity index (χ1v) is 14.8. The molecule has 214 valence electrons. The van der Waals surface area contributed by atoms with E-state index >= 15 is 4.39 Å². The number of nitrogens with zero attached hydrogens (tertiary/aromatic N) is 2. The quantitative estimate of drug-likeness (QED) is 0.257. The molecule has 9 atom stereocenters. The number of hydrogen-bond donors (Lipinski definition) is 5. The topological polar surface area (TPSA) is 92.9 Å². The number of rotatable bonds is 6. The molecule has 4 aliphatic heterocycles. The Morgan fingerprint density at radius 3 is 2.90 bits per heavy atom. The summed E-state index contributed by atoms with van der Waals surface area (Å²) in [6.45, 7) is 8.53. The van der Waals surface area contributed by atoms with Crippen molar-refractivity contribution < 1.29 is 13.9 Å². The molecular weight excluding hydrogens is 497 g/mol. The molecule has 4 heterocycles. The number of carbonyl (C=O) groups is 1. The Labute approximate surface area is 231 Å². The molecule has 0 radical (unpaired) electrons. The molecule has 0 aromatic carbocycles. The molecule has 9 nitrogen and oxygen atoms in total. The fourth-order valence-electron chi connectivity index (χ4n) is 7.49. The van der Waals surface area contributed by atoms with Crippen molar-refractivity contribution in [2.24, 2.45) is 17.8 Å². The van der Waals surface area contributed by atoms with Crippen LogP contribution >= 0.6 is 0 Å². The fraction of sp³-hybridized carbons (Fsp3) is 0.690. The highest BCUT2D eigenvalue weighted by molar-refractivity contribution is 5.87. The summed E-state index contributed by atoms with van der Waals surface area (Å²) in [5.41, 5.74) is 4.44. The number of hydrazine groups is 1. The normalized spacial score (nSPS) is 40.3. The number of allylic oxidation sites excluding steroid dienone is 1. The SMILES string of the molecule is C=CC(=O)N1CC=C(C2CCC3NCNC(NC4CCC(OC5=CC6NCNN6C=C5)C(C)C4)C3C2F)CC1. The van der Waals surface area contributed by atoms with Crippen molar-refractivity contribution in [2.45, 2.75) is 82.1 Å². The lowest BCUT2D eigenvalue weighted by atomic mass is 9.70. The van der Waals surface area contributed by atoms with Gasteiger partial charge in [-0.2, -0.15) is 0 Å². The molecule has 5 N–H and O–H groups in total. The average Bonchev–Trinajstić information content (AvgIpc) is 3.43. The summed E-state index contributed by atoms with van der Waals surface area (Å²) in [5.74, 6) is 1.10. The van der Waals surface area contributed by atoms with Crippen LogP contribution in [0.15, 0.2) is 48.4 Å². The first-order valence-electron chi connectivity index (χ1n) is 14.8. The molecule has 0 bridgehead atoms. The number of hydrogen-bond acceptors (Lipinski definition) is 8. The van der Waals surface area contributed by atoms with Gasteiger partial charge >= 0.3 is 0 Å². The Hall–Kier alpha value is -2.24. The summed E-state index contributed by atoms with van der Waals surface area (Å²) >= 11 is 0. The molecule has 2 saturated carbocycles. The van der Waals surface area contributed by atoms with E-state index in [0.717, 1.165) is 51.0 Å². The molecule has 9 unspecified atom stereocenters. The van der Waals surface area contributed by atoms with E-state index in [4.69, 9.17) is 4.74 Å². The predicted octanol–water partition coefficient (Wildman–Crippen LogP) is 1.81. The van der Waals surface area contributed by atoms with Gasteiger partial charge in [0.1, 0.15) is 24.2 Å². The molecule has 6 rings (SSSR count). The molecule has 0 aromatic rings.